The Bertz CT molecular complexity index is 252. The molecule has 0 saturated carbocycles. The first kappa shape index (κ1) is 12.8. The van der Waals surface area contributed by atoms with Gasteiger partial charge in [-0.1, -0.05) is 0 Å². The fourth-order valence-corrected chi connectivity index (χ4v) is 2.86. The zero-order valence-electron chi connectivity index (χ0n) is 10.8. The van der Waals surface area contributed by atoms with Crippen molar-refractivity contribution in [2.45, 2.75) is 50.7 Å². The van der Waals surface area contributed by atoms with E-state index in [9.17, 15) is 4.79 Å². The number of hydrogen-bond acceptors (Lipinski definition) is 3. The zero-order chi connectivity index (χ0) is 12.1. The Morgan fingerprint density at radius 1 is 1.35 bits per heavy atom. The minimum Gasteiger partial charge on any atom is -0.368 e. The van der Waals surface area contributed by atoms with E-state index in [1.54, 1.807) is 0 Å². The van der Waals surface area contributed by atoms with Crippen LogP contribution in [-0.4, -0.2) is 49.7 Å². The Labute approximate surface area is 104 Å². The molecule has 2 atom stereocenters. The van der Waals surface area contributed by atoms with Crippen LogP contribution >= 0.6 is 0 Å². The van der Waals surface area contributed by atoms with Crippen LogP contribution in [-0.2, 0) is 9.53 Å². The summed E-state index contributed by atoms with van der Waals surface area (Å²) < 4.78 is 5.51. The van der Waals surface area contributed by atoms with Crippen molar-refractivity contribution in [3.05, 3.63) is 0 Å². The van der Waals surface area contributed by atoms with Gasteiger partial charge in [0, 0.05) is 19.2 Å². The number of piperidine rings is 1. The second kappa shape index (κ2) is 6.36. The molecule has 0 spiro atoms. The van der Waals surface area contributed by atoms with Gasteiger partial charge in [0.05, 0.1) is 0 Å². The van der Waals surface area contributed by atoms with E-state index in [4.69, 9.17) is 4.74 Å². The summed E-state index contributed by atoms with van der Waals surface area (Å²) in [4.78, 5) is 14.4. The Balaban J connectivity index is 1.92. The third kappa shape index (κ3) is 3.19. The molecule has 0 bridgehead atoms. The van der Waals surface area contributed by atoms with E-state index < -0.39 is 0 Å². The number of ether oxygens (including phenoxy) is 1. The number of likely N-dealkylation sites (tertiary alicyclic amines) is 1. The van der Waals surface area contributed by atoms with E-state index in [0.717, 1.165) is 51.8 Å². The van der Waals surface area contributed by atoms with Gasteiger partial charge < -0.3 is 15.0 Å². The zero-order valence-corrected chi connectivity index (χ0v) is 10.8. The molecule has 1 N–H and O–H groups in total. The maximum Gasteiger partial charge on any atom is 0.251 e. The molecule has 2 heterocycles. The van der Waals surface area contributed by atoms with Crippen LogP contribution in [0.1, 0.15) is 38.5 Å². The first-order valence-corrected chi connectivity index (χ1v) is 6.89. The first-order chi connectivity index (χ1) is 8.33. The van der Waals surface area contributed by atoms with Gasteiger partial charge in [0.15, 0.2) is 0 Å². The van der Waals surface area contributed by atoms with Gasteiger partial charge in [0.1, 0.15) is 6.10 Å². The van der Waals surface area contributed by atoms with Crippen molar-refractivity contribution < 1.29 is 9.53 Å². The summed E-state index contributed by atoms with van der Waals surface area (Å²) in [5.41, 5.74) is 0. The number of rotatable bonds is 4. The summed E-state index contributed by atoms with van der Waals surface area (Å²) in [6.45, 7) is 2.67. The third-order valence-electron chi connectivity index (χ3n) is 3.84. The fourth-order valence-electron chi connectivity index (χ4n) is 2.86. The Morgan fingerprint density at radius 2 is 2.24 bits per heavy atom. The van der Waals surface area contributed by atoms with Crippen LogP contribution in [0.25, 0.3) is 0 Å². The van der Waals surface area contributed by atoms with E-state index in [-0.39, 0.29) is 12.0 Å². The average molecular weight is 240 g/mol. The molecule has 2 aliphatic heterocycles. The Hall–Kier alpha value is -0.610. The highest BCUT2D eigenvalue weighted by atomic mass is 16.5. The lowest BCUT2D eigenvalue weighted by atomic mass is 9.98. The summed E-state index contributed by atoms with van der Waals surface area (Å²) >= 11 is 0. The van der Waals surface area contributed by atoms with E-state index in [0.29, 0.717) is 6.04 Å². The van der Waals surface area contributed by atoms with Crippen LogP contribution in [0.5, 0.6) is 0 Å². The van der Waals surface area contributed by atoms with Crippen LogP contribution < -0.4 is 5.32 Å². The molecule has 4 nitrogen and oxygen atoms in total. The van der Waals surface area contributed by atoms with Crippen molar-refractivity contribution in [2.24, 2.45) is 0 Å². The van der Waals surface area contributed by atoms with Crippen LogP contribution in [0.3, 0.4) is 0 Å². The van der Waals surface area contributed by atoms with E-state index in [2.05, 4.69) is 10.2 Å². The quantitative estimate of drug-likeness (QED) is 0.801. The van der Waals surface area contributed by atoms with Gasteiger partial charge in [0.25, 0.3) is 5.91 Å². The van der Waals surface area contributed by atoms with Crippen LogP contribution in [0, 0.1) is 0 Å². The van der Waals surface area contributed by atoms with Crippen molar-refractivity contribution >= 4 is 5.91 Å². The number of amides is 1. The van der Waals surface area contributed by atoms with Crippen molar-refractivity contribution in [1.82, 2.24) is 10.2 Å². The lowest BCUT2D eigenvalue weighted by Crippen LogP contribution is -2.48. The molecule has 1 unspecified atom stereocenters. The molecule has 1 amide bonds. The van der Waals surface area contributed by atoms with Gasteiger partial charge in [-0.25, -0.2) is 0 Å². The van der Waals surface area contributed by atoms with Crippen molar-refractivity contribution in [3.8, 4) is 0 Å². The standard InChI is InChI=1S/C13H24N2O2/c1-14-8-7-11-5-2-3-9-15(11)13(16)12-6-4-10-17-12/h11-12,14H,2-10H2,1H3/t11?,12-/m0/s1. The molecule has 0 aliphatic carbocycles. The van der Waals surface area contributed by atoms with Gasteiger partial charge in [0.2, 0.25) is 0 Å². The SMILES string of the molecule is CNCCC1CCCCN1C(=O)[C@@H]1CCCO1. The van der Waals surface area contributed by atoms with Crippen LogP contribution in [0.2, 0.25) is 0 Å². The molecule has 0 aromatic heterocycles. The number of carbonyl (C=O) groups is 1. The molecule has 2 rings (SSSR count). The smallest absolute Gasteiger partial charge is 0.251 e. The van der Waals surface area contributed by atoms with Gasteiger partial charge in [-0.3, -0.25) is 4.79 Å². The maximum absolute atomic E-state index is 12.4. The fraction of sp³-hybridized carbons (Fsp3) is 0.923. The van der Waals surface area contributed by atoms with E-state index in [1.165, 1.54) is 6.42 Å². The third-order valence-corrected chi connectivity index (χ3v) is 3.84. The summed E-state index contributed by atoms with van der Waals surface area (Å²) in [5.74, 6) is 0.239. The molecule has 2 saturated heterocycles. The van der Waals surface area contributed by atoms with Crippen LogP contribution in [0.4, 0.5) is 0 Å². The first-order valence-electron chi connectivity index (χ1n) is 6.89. The van der Waals surface area contributed by atoms with Gasteiger partial charge in [-0.2, -0.15) is 0 Å². The van der Waals surface area contributed by atoms with Gasteiger partial charge in [-0.05, 0) is 52.1 Å². The molecular formula is C13H24N2O2. The van der Waals surface area contributed by atoms with E-state index >= 15 is 0 Å². The van der Waals surface area contributed by atoms with Gasteiger partial charge in [-0.15, -0.1) is 0 Å². The Kier molecular flexibility index (Phi) is 4.80. The lowest BCUT2D eigenvalue weighted by molar-refractivity contribution is -0.144. The molecule has 2 fully saturated rings. The minimum atomic E-state index is -0.148. The molecule has 0 radical (unpaired) electrons. The predicted octanol–water partition coefficient (Wildman–Crippen LogP) is 1.16. The normalized spacial score (nSPS) is 29.6. The molecule has 98 valence electrons. The number of carbonyl (C=O) groups excluding carboxylic acids is 1. The molecule has 2 aliphatic rings. The topological polar surface area (TPSA) is 41.6 Å². The summed E-state index contributed by atoms with van der Waals surface area (Å²) in [6, 6.07) is 0.424. The molecular weight excluding hydrogens is 216 g/mol. The van der Waals surface area contributed by atoms with Crippen molar-refractivity contribution in [2.75, 3.05) is 26.7 Å². The molecule has 4 heteroatoms. The molecule has 0 aromatic rings. The second-order valence-corrected chi connectivity index (χ2v) is 5.08. The molecule has 0 aromatic carbocycles. The lowest BCUT2D eigenvalue weighted by Gasteiger charge is -2.37. The predicted molar refractivity (Wildman–Crippen MR) is 66.9 cm³/mol. The van der Waals surface area contributed by atoms with Crippen molar-refractivity contribution in [1.29, 1.82) is 0 Å². The highest BCUT2D eigenvalue weighted by Gasteiger charge is 2.33. The molecule has 17 heavy (non-hydrogen) atoms. The highest BCUT2D eigenvalue weighted by Crippen LogP contribution is 2.23. The number of nitrogens with one attached hydrogen (secondary N) is 1. The summed E-state index contributed by atoms with van der Waals surface area (Å²) in [7, 11) is 1.97. The second-order valence-electron chi connectivity index (χ2n) is 5.08. The van der Waals surface area contributed by atoms with Crippen molar-refractivity contribution in [3.63, 3.8) is 0 Å². The monoisotopic (exact) mass is 240 g/mol. The van der Waals surface area contributed by atoms with Gasteiger partial charge >= 0.3 is 0 Å². The number of hydrogen-bond donors (Lipinski definition) is 1. The maximum atomic E-state index is 12.4. The number of nitrogens with zero attached hydrogens (tertiary/aromatic N) is 1. The summed E-state index contributed by atoms with van der Waals surface area (Å²) in [6.07, 6.45) is 6.41. The summed E-state index contributed by atoms with van der Waals surface area (Å²) in [5, 5.41) is 3.17. The van der Waals surface area contributed by atoms with Crippen LogP contribution in [0.15, 0.2) is 0 Å². The van der Waals surface area contributed by atoms with E-state index in [1.807, 2.05) is 7.05 Å². The average Bonchev–Trinajstić information content (AvgIpc) is 2.89. The largest absolute Gasteiger partial charge is 0.368 e. The Morgan fingerprint density at radius 3 is 2.94 bits per heavy atom. The minimum absolute atomic E-state index is 0.148. The highest BCUT2D eigenvalue weighted by molar-refractivity contribution is 5.81.